The summed E-state index contributed by atoms with van der Waals surface area (Å²) in [6, 6.07) is 13.2. The van der Waals surface area contributed by atoms with Crippen LogP contribution in [-0.2, 0) is 4.79 Å². The van der Waals surface area contributed by atoms with E-state index < -0.39 is 12.1 Å². The average molecular weight is 419 g/mol. The number of methoxy groups -OCH3 is 1. The molecule has 156 valence electrons. The number of pyridine rings is 1. The van der Waals surface area contributed by atoms with Crippen molar-refractivity contribution in [2.24, 2.45) is 0 Å². The highest BCUT2D eigenvalue weighted by Gasteiger charge is 2.38. The number of nitrogen functional groups attached to an aromatic ring is 1. The van der Waals surface area contributed by atoms with Crippen molar-refractivity contribution in [2.45, 2.75) is 13.1 Å². The van der Waals surface area contributed by atoms with Gasteiger partial charge in [0.1, 0.15) is 29.0 Å². The first-order valence-electron chi connectivity index (χ1n) is 8.28. The predicted molar refractivity (Wildman–Crippen MR) is 101 cm³/mol. The van der Waals surface area contributed by atoms with Crippen molar-refractivity contribution in [1.82, 2.24) is 4.98 Å². The number of carbonyl (C=O) groups is 1. The molecule has 0 saturated carbocycles. The first-order chi connectivity index (χ1) is 14.1. The molecule has 7 nitrogen and oxygen atoms in total. The molecule has 0 aliphatic carbocycles. The molecule has 0 unspecified atom stereocenters. The van der Waals surface area contributed by atoms with Gasteiger partial charge in [-0.15, -0.1) is 0 Å². The fourth-order valence-corrected chi connectivity index (χ4v) is 2.57. The van der Waals surface area contributed by atoms with E-state index in [-0.39, 0.29) is 5.82 Å². The Morgan fingerprint density at radius 1 is 1.27 bits per heavy atom. The third kappa shape index (κ3) is 4.88. The van der Waals surface area contributed by atoms with Gasteiger partial charge in [0.2, 0.25) is 0 Å². The van der Waals surface area contributed by atoms with Crippen LogP contribution in [0.25, 0.3) is 22.6 Å². The zero-order valence-corrected chi connectivity index (χ0v) is 15.8. The highest BCUT2D eigenvalue weighted by Crippen LogP contribution is 2.36. The summed E-state index contributed by atoms with van der Waals surface area (Å²) in [6.07, 6.45) is -3.51. The van der Waals surface area contributed by atoms with E-state index in [1.54, 1.807) is 25.5 Å². The van der Waals surface area contributed by atoms with Gasteiger partial charge in [-0.1, -0.05) is 0 Å². The van der Waals surface area contributed by atoms with Gasteiger partial charge in [0.25, 0.3) is 0 Å². The Morgan fingerprint density at radius 2 is 1.87 bits per heavy atom. The summed E-state index contributed by atoms with van der Waals surface area (Å²) in [5, 5.41) is 16.5. The Hall–Kier alpha value is -4.00. The maximum absolute atomic E-state index is 10.6. The molecule has 0 aliphatic heterocycles. The molecule has 3 aromatic rings. The number of ether oxygens (including phenoxy) is 1. The summed E-state index contributed by atoms with van der Waals surface area (Å²) in [7, 11) is 1.62. The number of nitrogens with two attached hydrogens (primary N) is 1. The Bertz CT molecular complexity index is 1070. The standard InChI is InChI=1S/C18H15N3O2.C2HF3O2/c1-11-16(15-4-3-9-23-15)14(10-19)18(20)21-17(11)12-5-7-13(22-2)8-6-12;3-2(4,5)1(6)7/h3-9H,1-2H3,(H2,20,21);(H,6,7). The van der Waals surface area contributed by atoms with E-state index in [1.807, 2.05) is 31.2 Å². The molecule has 2 aromatic heterocycles. The van der Waals surface area contributed by atoms with Gasteiger partial charge in [-0.3, -0.25) is 0 Å². The normalized spacial score (nSPS) is 10.5. The average Bonchev–Trinajstić information content (AvgIpc) is 3.23. The quantitative estimate of drug-likeness (QED) is 0.644. The van der Waals surface area contributed by atoms with Gasteiger partial charge in [0.05, 0.1) is 19.1 Å². The number of hydrogen-bond donors (Lipinski definition) is 2. The number of anilines is 1. The highest BCUT2D eigenvalue weighted by atomic mass is 19.4. The van der Waals surface area contributed by atoms with Crippen molar-refractivity contribution < 1.29 is 32.2 Å². The third-order valence-electron chi connectivity index (χ3n) is 3.95. The number of hydrogen-bond acceptors (Lipinski definition) is 6. The van der Waals surface area contributed by atoms with Gasteiger partial charge in [-0.25, -0.2) is 9.78 Å². The largest absolute Gasteiger partial charge is 0.497 e. The van der Waals surface area contributed by atoms with Crippen molar-refractivity contribution in [1.29, 1.82) is 5.26 Å². The number of carboxylic acids is 1. The van der Waals surface area contributed by atoms with Crippen molar-refractivity contribution in [2.75, 3.05) is 12.8 Å². The predicted octanol–water partition coefficient (Wildman–Crippen LogP) is 4.41. The van der Waals surface area contributed by atoms with E-state index >= 15 is 0 Å². The number of nitrogens with zero attached hydrogens (tertiary/aromatic N) is 2. The Morgan fingerprint density at radius 3 is 2.30 bits per heavy atom. The lowest BCUT2D eigenvalue weighted by Gasteiger charge is -2.13. The maximum atomic E-state index is 10.6. The number of alkyl halides is 3. The highest BCUT2D eigenvalue weighted by molar-refractivity contribution is 5.82. The molecule has 10 heteroatoms. The topological polar surface area (TPSA) is 122 Å². The minimum absolute atomic E-state index is 0.190. The number of aromatic nitrogens is 1. The lowest BCUT2D eigenvalue weighted by atomic mass is 9.96. The zero-order valence-electron chi connectivity index (χ0n) is 15.8. The van der Waals surface area contributed by atoms with E-state index in [0.29, 0.717) is 16.9 Å². The Labute approximate surface area is 169 Å². The maximum Gasteiger partial charge on any atom is 0.490 e. The summed E-state index contributed by atoms with van der Waals surface area (Å²) in [5.74, 6) is -1.20. The molecule has 0 bridgehead atoms. The van der Waals surface area contributed by atoms with Crippen molar-refractivity contribution in [3.05, 3.63) is 53.8 Å². The molecular formula is C20H16F3N3O4. The van der Waals surface area contributed by atoms with E-state index in [2.05, 4.69) is 11.1 Å². The second kappa shape index (κ2) is 9.00. The number of halogens is 3. The molecule has 0 radical (unpaired) electrons. The lowest BCUT2D eigenvalue weighted by Crippen LogP contribution is -2.21. The van der Waals surface area contributed by atoms with Crippen molar-refractivity contribution in [3.8, 4) is 34.4 Å². The Balaban J connectivity index is 0.000000396. The molecule has 3 N–H and O–H groups in total. The number of rotatable bonds is 3. The molecule has 0 amide bonds. The summed E-state index contributed by atoms with van der Waals surface area (Å²) in [4.78, 5) is 13.3. The smallest absolute Gasteiger partial charge is 0.490 e. The molecule has 0 fully saturated rings. The number of nitriles is 1. The van der Waals surface area contributed by atoms with Crippen molar-refractivity contribution in [3.63, 3.8) is 0 Å². The molecule has 0 aliphatic rings. The number of carboxylic acid groups (broad SMARTS) is 1. The molecule has 1 aromatic carbocycles. The number of furan rings is 1. The van der Waals surface area contributed by atoms with Crippen LogP contribution in [0.5, 0.6) is 5.75 Å². The van der Waals surface area contributed by atoms with E-state index in [1.165, 1.54) is 0 Å². The van der Waals surface area contributed by atoms with Crippen LogP contribution in [0.15, 0.2) is 47.1 Å². The molecule has 3 rings (SSSR count). The van der Waals surface area contributed by atoms with Crippen LogP contribution in [-0.4, -0.2) is 29.3 Å². The number of aliphatic carboxylic acids is 1. The van der Waals surface area contributed by atoms with E-state index in [0.717, 1.165) is 22.6 Å². The number of benzene rings is 1. The second-order valence-corrected chi connectivity index (χ2v) is 5.84. The summed E-state index contributed by atoms with van der Waals surface area (Å²) < 4.78 is 42.4. The fourth-order valence-electron chi connectivity index (χ4n) is 2.57. The molecule has 0 saturated heterocycles. The first-order valence-corrected chi connectivity index (χ1v) is 8.28. The molecule has 0 spiro atoms. The van der Waals surface area contributed by atoms with Crippen LogP contribution in [0.4, 0.5) is 19.0 Å². The Kier molecular flexibility index (Phi) is 6.69. The van der Waals surface area contributed by atoms with Gasteiger partial charge >= 0.3 is 12.1 Å². The molecule has 30 heavy (non-hydrogen) atoms. The lowest BCUT2D eigenvalue weighted by molar-refractivity contribution is -0.192. The van der Waals surface area contributed by atoms with Crippen LogP contribution in [0.3, 0.4) is 0 Å². The van der Waals surface area contributed by atoms with E-state index in [4.69, 9.17) is 24.8 Å². The second-order valence-electron chi connectivity index (χ2n) is 5.84. The van der Waals surface area contributed by atoms with Crippen LogP contribution >= 0.6 is 0 Å². The molecular weight excluding hydrogens is 403 g/mol. The van der Waals surface area contributed by atoms with Crippen LogP contribution in [0, 0.1) is 18.3 Å². The van der Waals surface area contributed by atoms with E-state index in [9.17, 15) is 18.4 Å². The molecule has 2 heterocycles. The SMILES string of the molecule is COc1ccc(-c2nc(N)c(C#N)c(-c3ccco3)c2C)cc1.O=C(O)C(F)(F)F. The van der Waals surface area contributed by atoms with Crippen LogP contribution in [0.1, 0.15) is 11.1 Å². The van der Waals surface area contributed by atoms with Crippen molar-refractivity contribution >= 4 is 11.8 Å². The monoisotopic (exact) mass is 419 g/mol. The van der Waals surface area contributed by atoms with Gasteiger partial charge in [-0.05, 0) is 48.9 Å². The minimum atomic E-state index is -5.08. The van der Waals surface area contributed by atoms with Crippen LogP contribution < -0.4 is 10.5 Å². The first kappa shape index (κ1) is 22.3. The van der Waals surface area contributed by atoms with Gasteiger partial charge in [0, 0.05) is 11.1 Å². The van der Waals surface area contributed by atoms with Gasteiger partial charge < -0.3 is 20.0 Å². The minimum Gasteiger partial charge on any atom is -0.497 e. The fraction of sp³-hybridized carbons (Fsp3) is 0.150. The summed E-state index contributed by atoms with van der Waals surface area (Å²) in [6.45, 7) is 1.91. The summed E-state index contributed by atoms with van der Waals surface area (Å²) >= 11 is 0. The summed E-state index contributed by atoms with van der Waals surface area (Å²) in [5.41, 5.74) is 9.46. The zero-order chi connectivity index (χ0) is 22.5. The van der Waals surface area contributed by atoms with Crippen LogP contribution in [0.2, 0.25) is 0 Å². The molecule has 0 atom stereocenters. The van der Waals surface area contributed by atoms with Gasteiger partial charge in [0.15, 0.2) is 0 Å². The van der Waals surface area contributed by atoms with Gasteiger partial charge in [-0.2, -0.15) is 18.4 Å². The third-order valence-corrected chi connectivity index (χ3v) is 3.95.